The highest BCUT2D eigenvalue weighted by Crippen LogP contribution is 2.34. The fourth-order valence-corrected chi connectivity index (χ4v) is 2.25. The van der Waals surface area contributed by atoms with E-state index in [1.165, 1.54) is 6.07 Å². The number of hydrogen-bond donors (Lipinski definition) is 2. The third-order valence-corrected chi connectivity index (χ3v) is 3.20. The maximum atomic E-state index is 13.0. The molecule has 0 radical (unpaired) electrons. The SMILES string of the molecule is CC1CN(c2ccc(C(=N)N)c(C(F)(F)F)c2)CCO1. The van der Waals surface area contributed by atoms with E-state index < -0.39 is 17.6 Å². The van der Waals surface area contributed by atoms with Gasteiger partial charge < -0.3 is 15.4 Å². The normalized spacial score (nSPS) is 20.0. The summed E-state index contributed by atoms with van der Waals surface area (Å²) in [4.78, 5) is 1.84. The number of nitrogens with two attached hydrogens (primary N) is 1. The Morgan fingerprint density at radius 2 is 2.15 bits per heavy atom. The molecule has 1 saturated heterocycles. The molecule has 1 fully saturated rings. The van der Waals surface area contributed by atoms with E-state index in [1.54, 1.807) is 6.07 Å². The van der Waals surface area contributed by atoms with E-state index in [0.29, 0.717) is 25.4 Å². The maximum absolute atomic E-state index is 13.0. The Morgan fingerprint density at radius 3 is 2.70 bits per heavy atom. The number of amidine groups is 1. The number of alkyl halides is 3. The van der Waals surface area contributed by atoms with Gasteiger partial charge in [0.25, 0.3) is 0 Å². The molecule has 0 spiro atoms. The van der Waals surface area contributed by atoms with Gasteiger partial charge in [-0.25, -0.2) is 0 Å². The molecule has 1 aromatic carbocycles. The van der Waals surface area contributed by atoms with Crippen molar-refractivity contribution in [2.75, 3.05) is 24.6 Å². The van der Waals surface area contributed by atoms with Gasteiger partial charge in [-0.2, -0.15) is 13.2 Å². The van der Waals surface area contributed by atoms with Crippen LogP contribution >= 0.6 is 0 Å². The minimum atomic E-state index is -4.53. The number of nitrogens with zero attached hydrogens (tertiary/aromatic N) is 1. The van der Waals surface area contributed by atoms with Gasteiger partial charge in [0.05, 0.1) is 18.3 Å². The van der Waals surface area contributed by atoms with Crippen molar-refractivity contribution in [2.24, 2.45) is 5.73 Å². The number of nitrogen functional groups attached to an aromatic ring is 1. The van der Waals surface area contributed by atoms with E-state index in [1.807, 2.05) is 11.8 Å². The predicted molar refractivity (Wildman–Crippen MR) is 70.1 cm³/mol. The Hall–Kier alpha value is -1.76. The summed E-state index contributed by atoms with van der Waals surface area (Å²) in [6, 6.07) is 3.86. The average Bonchev–Trinajstić information content (AvgIpc) is 2.37. The van der Waals surface area contributed by atoms with Gasteiger partial charge in [-0.3, -0.25) is 5.41 Å². The summed E-state index contributed by atoms with van der Waals surface area (Å²) in [6.45, 7) is 3.44. The van der Waals surface area contributed by atoms with Crippen molar-refractivity contribution in [1.82, 2.24) is 0 Å². The molecule has 110 valence electrons. The van der Waals surface area contributed by atoms with Gasteiger partial charge in [-0.15, -0.1) is 0 Å². The Kier molecular flexibility index (Phi) is 3.89. The molecule has 3 N–H and O–H groups in total. The first-order chi connectivity index (χ1) is 9.29. The Morgan fingerprint density at radius 1 is 1.45 bits per heavy atom. The van der Waals surface area contributed by atoms with Crippen LogP contribution in [-0.4, -0.2) is 31.6 Å². The Balaban J connectivity index is 2.39. The molecular weight excluding hydrogens is 271 g/mol. The third-order valence-electron chi connectivity index (χ3n) is 3.20. The van der Waals surface area contributed by atoms with Crippen molar-refractivity contribution in [3.8, 4) is 0 Å². The Labute approximate surface area is 114 Å². The molecule has 1 unspecified atom stereocenters. The van der Waals surface area contributed by atoms with Gasteiger partial charge in [0.1, 0.15) is 5.84 Å². The van der Waals surface area contributed by atoms with Gasteiger partial charge in [0.2, 0.25) is 0 Å². The summed E-state index contributed by atoms with van der Waals surface area (Å²) < 4.78 is 44.5. The second-order valence-electron chi connectivity index (χ2n) is 4.77. The molecule has 1 aliphatic heterocycles. The molecule has 1 aromatic rings. The number of anilines is 1. The van der Waals surface area contributed by atoms with Crippen molar-refractivity contribution in [1.29, 1.82) is 5.41 Å². The highest BCUT2D eigenvalue weighted by atomic mass is 19.4. The zero-order valence-corrected chi connectivity index (χ0v) is 11.0. The number of ether oxygens (including phenoxy) is 1. The lowest BCUT2D eigenvalue weighted by Gasteiger charge is -2.33. The van der Waals surface area contributed by atoms with Crippen LogP contribution in [0.4, 0.5) is 18.9 Å². The number of nitrogens with one attached hydrogen (secondary N) is 1. The number of halogens is 3. The van der Waals surface area contributed by atoms with E-state index in [9.17, 15) is 13.2 Å². The van der Waals surface area contributed by atoms with Crippen LogP contribution in [0.1, 0.15) is 18.1 Å². The number of morpholine rings is 1. The summed E-state index contributed by atoms with van der Waals surface area (Å²) in [5.74, 6) is -0.584. The number of rotatable bonds is 2. The largest absolute Gasteiger partial charge is 0.417 e. The van der Waals surface area contributed by atoms with Crippen LogP contribution in [0, 0.1) is 5.41 Å². The molecule has 0 saturated carbocycles. The highest BCUT2D eigenvalue weighted by molar-refractivity contribution is 5.97. The van der Waals surface area contributed by atoms with E-state index in [0.717, 1.165) is 6.07 Å². The van der Waals surface area contributed by atoms with E-state index in [2.05, 4.69) is 0 Å². The van der Waals surface area contributed by atoms with E-state index in [4.69, 9.17) is 15.9 Å². The molecule has 0 bridgehead atoms. The molecule has 1 atom stereocenters. The summed E-state index contributed by atoms with van der Waals surface area (Å²) in [7, 11) is 0. The summed E-state index contributed by atoms with van der Waals surface area (Å²) >= 11 is 0. The first kappa shape index (κ1) is 14.6. The summed E-state index contributed by atoms with van der Waals surface area (Å²) in [5.41, 5.74) is 4.52. The van der Waals surface area contributed by atoms with Gasteiger partial charge in [-0.05, 0) is 25.1 Å². The molecule has 0 aromatic heterocycles. The van der Waals surface area contributed by atoms with Crippen molar-refractivity contribution in [3.05, 3.63) is 29.3 Å². The van der Waals surface area contributed by atoms with Crippen LogP contribution in [0.3, 0.4) is 0 Å². The summed E-state index contributed by atoms with van der Waals surface area (Å²) in [6.07, 6.45) is -4.56. The van der Waals surface area contributed by atoms with Gasteiger partial charge in [0, 0.05) is 24.3 Å². The van der Waals surface area contributed by atoms with Gasteiger partial charge in [-0.1, -0.05) is 0 Å². The topological polar surface area (TPSA) is 62.3 Å². The minimum Gasteiger partial charge on any atom is -0.384 e. The van der Waals surface area contributed by atoms with Gasteiger partial charge in [0.15, 0.2) is 0 Å². The molecule has 1 aliphatic rings. The van der Waals surface area contributed by atoms with E-state index in [-0.39, 0.29) is 11.7 Å². The first-order valence-electron chi connectivity index (χ1n) is 6.21. The zero-order valence-electron chi connectivity index (χ0n) is 11.0. The molecule has 4 nitrogen and oxygen atoms in total. The van der Waals surface area contributed by atoms with Crippen LogP contribution < -0.4 is 10.6 Å². The molecule has 7 heteroatoms. The second-order valence-corrected chi connectivity index (χ2v) is 4.77. The van der Waals surface area contributed by atoms with Crippen molar-refractivity contribution < 1.29 is 17.9 Å². The lowest BCUT2D eigenvalue weighted by Crippen LogP contribution is -2.41. The minimum absolute atomic E-state index is 0.0226. The van der Waals surface area contributed by atoms with Crippen LogP contribution in [0.25, 0.3) is 0 Å². The quantitative estimate of drug-likeness (QED) is 0.647. The molecule has 1 heterocycles. The average molecular weight is 287 g/mol. The van der Waals surface area contributed by atoms with Crippen molar-refractivity contribution in [2.45, 2.75) is 19.2 Å². The van der Waals surface area contributed by atoms with Crippen LogP contribution in [0.5, 0.6) is 0 Å². The predicted octanol–water partition coefficient (Wildman–Crippen LogP) is 2.21. The molecule has 2 rings (SSSR count). The molecule has 0 aliphatic carbocycles. The fourth-order valence-electron chi connectivity index (χ4n) is 2.25. The number of benzene rings is 1. The molecular formula is C13H16F3N3O. The lowest BCUT2D eigenvalue weighted by molar-refractivity contribution is -0.137. The van der Waals surface area contributed by atoms with E-state index >= 15 is 0 Å². The monoisotopic (exact) mass is 287 g/mol. The lowest BCUT2D eigenvalue weighted by atomic mass is 10.0. The fraction of sp³-hybridized carbons (Fsp3) is 0.462. The number of hydrogen-bond acceptors (Lipinski definition) is 3. The van der Waals surface area contributed by atoms with Gasteiger partial charge >= 0.3 is 6.18 Å². The standard InChI is InChI=1S/C13H16F3N3O/c1-8-7-19(4-5-20-8)9-2-3-10(12(17)18)11(6-9)13(14,15)16/h2-3,6,8H,4-5,7H2,1H3,(H3,17,18). The van der Waals surface area contributed by atoms with Crippen LogP contribution in [-0.2, 0) is 10.9 Å². The Bertz CT molecular complexity index is 516. The van der Waals surface area contributed by atoms with Crippen LogP contribution in [0.2, 0.25) is 0 Å². The summed E-state index contributed by atoms with van der Waals surface area (Å²) in [5, 5.41) is 7.25. The molecule has 0 amide bonds. The second kappa shape index (κ2) is 5.32. The maximum Gasteiger partial charge on any atom is 0.417 e. The van der Waals surface area contributed by atoms with Crippen molar-refractivity contribution in [3.63, 3.8) is 0 Å². The first-order valence-corrected chi connectivity index (χ1v) is 6.21. The van der Waals surface area contributed by atoms with Crippen LogP contribution in [0.15, 0.2) is 18.2 Å². The van der Waals surface area contributed by atoms with Crippen molar-refractivity contribution >= 4 is 11.5 Å². The molecule has 20 heavy (non-hydrogen) atoms. The smallest absolute Gasteiger partial charge is 0.384 e. The third kappa shape index (κ3) is 3.04. The zero-order chi connectivity index (χ0) is 14.9. The highest BCUT2D eigenvalue weighted by Gasteiger charge is 2.35.